The van der Waals surface area contributed by atoms with E-state index in [0.717, 1.165) is 34.6 Å². The molecule has 4 rings (SSSR count). The van der Waals surface area contributed by atoms with Gasteiger partial charge in [-0.05, 0) is 61.6 Å². The monoisotopic (exact) mass is 308 g/mol. The number of para-hydroxylation sites is 1. The molecule has 3 heteroatoms. The first-order chi connectivity index (χ1) is 10.7. The molecule has 3 aromatic rings. The molecule has 1 aromatic heterocycles. The van der Waals surface area contributed by atoms with Crippen LogP contribution in [-0.2, 0) is 12.8 Å². The van der Waals surface area contributed by atoms with Gasteiger partial charge in [0.2, 0.25) is 0 Å². The second-order valence-corrected chi connectivity index (χ2v) is 6.30. The second kappa shape index (κ2) is 5.29. The van der Waals surface area contributed by atoms with Crippen molar-refractivity contribution in [3.05, 3.63) is 64.3 Å². The van der Waals surface area contributed by atoms with Crippen LogP contribution in [0.4, 0.5) is 11.4 Å². The summed E-state index contributed by atoms with van der Waals surface area (Å²) in [5.41, 5.74) is 7.15. The van der Waals surface area contributed by atoms with Crippen molar-refractivity contribution in [3.8, 4) is 0 Å². The molecule has 0 radical (unpaired) electrons. The van der Waals surface area contributed by atoms with Crippen molar-refractivity contribution in [1.82, 2.24) is 4.98 Å². The van der Waals surface area contributed by atoms with Gasteiger partial charge in [0.1, 0.15) is 0 Å². The Kier molecular flexibility index (Phi) is 3.27. The Bertz CT molecular complexity index is 871. The highest BCUT2D eigenvalue weighted by atomic mass is 35.5. The number of hydrogen-bond donors (Lipinski definition) is 1. The Labute approximate surface area is 135 Å². The van der Waals surface area contributed by atoms with Crippen molar-refractivity contribution in [1.29, 1.82) is 0 Å². The highest BCUT2D eigenvalue weighted by Gasteiger charge is 2.19. The first-order valence-corrected chi connectivity index (χ1v) is 8.04. The van der Waals surface area contributed by atoms with E-state index in [-0.39, 0.29) is 0 Å². The van der Waals surface area contributed by atoms with Gasteiger partial charge in [0.15, 0.2) is 0 Å². The van der Waals surface area contributed by atoms with E-state index >= 15 is 0 Å². The molecule has 0 atom stereocenters. The molecule has 1 aliphatic rings. The summed E-state index contributed by atoms with van der Waals surface area (Å²) in [6.45, 7) is 2.08. The Morgan fingerprint density at radius 2 is 1.95 bits per heavy atom. The normalized spacial score (nSPS) is 13.4. The third kappa shape index (κ3) is 2.24. The van der Waals surface area contributed by atoms with Gasteiger partial charge >= 0.3 is 0 Å². The average Bonchev–Trinajstić information content (AvgIpc) is 2.97. The number of nitrogens with zero attached hydrogens (tertiary/aromatic N) is 1. The van der Waals surface area contributed by atoms with Gasteiger partial charge in [-0.3, -0.25) is 4.98 Å². The molecule has 0 saturated heterocycles. The lowest BCUT2D eigenvalue weighted by molar-refractivity contribution is 0.901. The number of benzene rings is 2. The summed E-state index contributed by atoms with van der Waals surface area (Å²) < 4.78 is 0. The Balaban J connectivity index is 1.90. The zero-order valence-corrected chi connectivity index (χ0v) is 13.2. The molecule has 0 amide bonds. The van der Waals surface area contributed by atoms with Gasteiger partial charge in [-0.25, -0.2) is 0 Å². The number of hydrogen-bond acceptors (Lipinski definition) is 2. The van der Waals surface area contributed by atoms with Crippen LogP contribution in [0.3, 0.4) is 0 Å². The first kappa shape index (κ1) is 13.6. The fourth-order valence-corrected chi connectivity index (χ4v) is 3.48. The van der Waals surface area contributed by atoms with Crippen LogP contribution in [0, 0.1) is 6.92 Å². The van der Waals surface area contributed by atoms with E-state index in [2.05, 4.69) is 30.4 Å². The van der Waals surface area contributed by atoms with Crippen molar-refractivity contribution in [2.24, 2.45) is 0 Å². The van der Waals surface area contributed by atoms with E-state index in [1.165, 1.54) is 28.8 Å². The van der Waals surface area contributed by atoms with Crippen LogP contribution in [0.5, 0.6) is 0 Å². The van der Waals surface area contributed by atoms with Crippen molar-refractivity contribution in [3.63, 3.8) is 0 Å². The minimum Gasteiger partial charge on any atom is -0.354 e. The quantitative estimate of drug-likeness (QED) is 0.683. The van der Waals surface area contributed by atoms with E-state index in [1.807, 2.05) is 24.3 Å². The number of nitrogens with one attached hydrogen (secondary N) is 1. The SMILES string of the molecule is Cc1cc(Cl)ccc1Nc1c2c(nc3ccccc13)CCC2. The average molecular weight is 309 g/mol. The summed E-state index contributed by atoms with van der Waals surface area (Å²) in [5, 5.41) is 5.61. The van der Waals surface area contributed by atoms with E-state index in [1.54, 1.807) is 0 Å². The molecule has 2 nitrogen and oxygen atoms in total. The largest absolute Gasteiger partial charge is 0.354 e. The van der Waals surface area contributed by atoms with Gasteiger partial charge in [0.25, 0.3) is 0 Å². The summed E-state index contributed by atoms with van der Waals surface area (Å²) in [6, 6.07) is 14.3. The fourth-order valence-electron chi connectivity index (χ4n) is 3.26. The van der Waals surface area contributed by atoms with Crippen molar-refractivity contribution >= 4 is 33.9 Å². The first-order valence-electron chi connectivity index (χ1n) is 7.66. The van der Waals surface area contributed by atoms with Crippen LogP contribution >= 0.6 is 11.6 Å². The third-order valence-electron chi connectivity index (χ3n) is 4.37. The molecule has 0 bridgehead atoms. The molecule has 110 valence electrons. The maximum atomic E-state index is 6.07. The van der Waals surface area contributed by atoms with Crippen LogP contribution < -0.4 is 5.32 Å². The molecule has 1 heterocycles. The van der Waals surface area contributed by atoms with E-state index in [9.17, 15) is 0 Å². The molecule has 22 heavy (non-hydrogen) atoms. The van der Waals surface area contributed by atoms with Gasteiger partial charge in [-0.2, -0.15) is 0 Å². The van der Waals surface area contributed by atoms with Gasteiger partial charge in [-0.15, -0.1) is 0 Å². The third-order valence-corrected chi connectivity index (χ3v) is 4.60. The number of rotatable bonds is 2. The Morgan fingerprint density at radius 3 is 2.82 bits per heavy atom. The van der Waals surface area contributed by atoms with Crippen LogP contribution in [0.25, 0.3) is 10.9 Å². The Hall–Kier alpha value is -2.06. The smallest absolute Gasteiger partial charge is 0.0726 e. The number of halogens is 1. The van der Waals surface area contributed by atoms with Crippen LogP contribution in [0.1, 0.15) is 23.2 Å². The summed E-state index contributed by atoms with van der Waals surface area (Å²) in [4.78, 5) is 4.83. The van der Waals surface area contributed by atoms with Gasteiger partial charge in [0.05, 0.1) is 11.2 Å². The lowest BCUT2D eigenvalue weighted by atomic mass is 10.1. The lowest BCUT2D eigenvalue weighted by Gasteiger charge is -2.16. The summed E-state index contributed by atoms with van der Waals surface area (Å²) >= 11 is 6.07. The predicted molar refractivity (Wildman–Crippen MR) is 93.2 cm³/mol. The van der Waals surface area contributed by atoms with E-state index in [0.29, 0.717) is 0 Å². The predicted octanol–water partition coefficient (Wildman–Crippen LogP) is 5.43. The maximum Gasteiger partial charge on any atom is 0.0726 e. The molecule has 1 N–H and O–H groups in total. The molecule has 0 fully saturated rings. The van der Waals surface area contributed by atoms with Crippen LogP contribution in [0.2, 0.25) is 5.02 Å². The van der Waals surface area contributed by atoms with Gasteiger partial charge in [-0.1, -0.05) is 29.8 Å². The molecular formula is C19H17ClN2. The molecule has 0 aliphatic heterocycles. The van der Waals surface area contributed by atoms with E-state index in [4.69, 9.17) is 16.6 Å². The summed E-state index contributed by atoms with van der Waals surface area (Å²) in [5.74, 6) is 0. The lowest BCUT2D eigenvalue weighted by Crippen LogP contribution is -2.01. The van der Waals surface area contributed by atoms with Crippen molar-refractivity contribution in [2.75, 3.05) is 5.32 Å². The number of fused-ring (bicyclic) bond motifs is 2. The molecule has 2 aromatic carbocycles. The second-order valence-electron chi connectivity index (χ2n) is 5.87. The fraction of sp³-hybridized carbons (Fsp3) is 0.211. The number of anilines is 2. The number of aryl methyl sites for hydroxylation is 2. The standard InChI is InChI=1S/C19H17ClN2/c1-12-11-13(20)9-10-16(12)22-19-14-5-2-3-7-17(14)21-18-8-4-6-15(18)19/h2-3,5,7,9-11H,4,6,8H2,1H3,(H,21,22). The van der Waals surface area contributed by atoms with E-state index < -0.39 is 0 Å². The zero-order chi connectivity index (χ0) is 15.1. The number of pyridine rings is 1. The molecular weight excluding hydrogens is 292 g/mol. The molecule has 1 aliphatic carbocycles. The highest BCUT2D eigenvalue weighted by Crippen LogP contribution is 2.36. The van der Waals surface area contributed by atoms with Gasteiger partial charge < -0.3 is 5.32 Å². The highest BCUT2D eigenvalue weighted by molar-refractivity contribution is 6.30. The van der Waals surface area contributed by atoms with Crippen LogP contribution in [-0.4, -0.2) is 4.98 Å². The molecule has 0 spiro atoms. The minimum absolute atomic E-state index is 0.771. The van der Waals surface area contributed by atoms with Crippen molar-refractivity contribution in [2.45, 2.75) is 26.2 Å². The molecule has 0 saturated carbocycles. The zero-order valence-electron chi connectivity index (χ0n) is 12.5. The minimum atomic E-state index is 0.771. The summed E-state index contributed by atoms with van der Waals surface area (Å²) in [6.07, 6.45) is 3.36. The van der Waals surface area contributed by atoms with Gasteiger partial charge in [0, 0.05) is 21.8 Å². The van der Waals surface area contributed by atoms with Crippen LogP contribution in [0.15, 0.2) is 42.5 Å². The van der Waals surface area contributed by atoms with Crippen molar-refractivity contribution < 1.29 is 0 Å². The molecule has 0 unspecified atom stereocenters. The Morgan fingerprint density at radius 1 is 1.09 bits per heavy atom. The number of aromatic nitrogens is 1. The summed E-state index contributed by atoms with van der Waals surface area (Å²) in [7, 11) is 0. The maximum absolute atomic E-state index is 6.07. The topological polar surface area (TPSA) is 24.9 Å².